The molecule has 0 spiro atoms. The molecular formula is C11H8ClNO5S2. The molecule has 0 fully saturated rings. The third-order valence-corrected chi connectivity index (χ3v) is 5.27. The molecule has 0 N–H and O–H groups in total. The summed E-state index contributed by atoms with van der Waals surface area (Å²) in [5.41, 5.74) is -0.244. The fourth-order valence-electron chi connectivity index (χ4n) is 1.38. The SMILES string of the molecule is Cc1ccc(S(=O)(=O)Oc2ccc([N+](=O)[O-])cc2Cl)s1. The maximum Gasteiger partial charge on any atom is 0.348 e. The Morgan fingerprint density at radius 3 is 2.50 bits per heavy atom. The highest BCUT2D eigenvalue weighted by Gasteiger charge is 2.21. The number of hydrogen-bond donors (Lipinski definition) is 0. The minimum Gasteiger partial charge on any atom is -0.377 e. The van der Waals surface area contributed by atoms with Crippen LogP contribution in [0.25, 0.3) is 0 Å². The summed E-state index contributed by atoms with van der Waals surface area (Å²) in [6.07, 6.45) is 0. The van der Waals surface area contributed by atoms with E-state index in [4.69, 9.17) is 15.8 Å². The van der Waals surface area contributed by atoms with Crippen molar-refractivity contribution in [1.29, 1.82) is 0 Å². The van der Waals surface area contributed by atoms with Crippen LogP contribution in [0.4, 0.5) is 5.69 Å². The molecule has 0 unspecified atom stereocenters. The molecule has 9 heteroatoms. The molecule has 0 amide bonds. The van der Waals surface area contributed by atoms with E-state index in [-0.39, 0.29) is 20.7 Å². The standard InChI is InChI=1S/C11H8ClNO5S2/c1-7-2-5-11(19-7)20(16,17)18-10-4-3-8(13(14)15)6-9(10)12/h2-6H,1H3. The third kappa shape index (κ3) is 3.09. The molecule has 0 saturated carbocycles. The van der Waals surface area contributed by atoms with Gasteiger partial charge in [-0.15, -0.1) is 11.3 Å². The van der Waals surface area contributed by atoms with Crippen molar-refractivity contribution in [3.8, 4) is 5.75 Å². The van der Waals surface area contributed by atoms with Gasteiger partial charge in [0.2, 0.25) is 0 Å². The van der Waals surface area contributed by atoms with Gasteiger partial charge < -0.3 is 4.18 Å². The Morgan fingerprint density at radius 1 is 1.30 bits per heavy atom. The van der Waals surface area contributed by atoms with E-state index in [1.807, 2.05) is 0 Å². The van der Waals surface area contributed by atoms with Crippen LogP contribution < -0.4 is 4.18 Å². The highest BCUT2D eigenvalue weighted by Crippen LogP contribution is 2.32. The molecule has 1 heterocycles. The van der Waals surface area contributed by atoms with Crippen molar-refractivity contribution >= 4 is 38.7 Å². The van der Waals surface area contributed by atoms with Crippen molar-refractivity contribution in [2.75, 3.05) is 0 Å². The second kappa shape index (κ2) is 5.39. The minimum atomic E-state index is -3.98. The molecule has 0 atom stereocenters. The van der Waals surface area contributed by atoms with E-state index in [0.717, 1.165) is 34.4 Å². The van der Waals surface area contributed by atoms with E-state index in [2.05, 4.69) is 0 Å². The van der Waals surface area contributed by atoms with Gasteiger partial charge in [0.05, 0.1) is 9.95 Å². The number of aryl methyl sites for hydroxylation is 1. The molecule has 0 radical (unpaired) electrons. The van der Waals surface area contributed by atoms with Crippen LogP contribution in [0, 0.1) is 17.0 Å². The van der Waals surface area contributed by atoms with Crippen molar-refractivity contribution in [2.45, 2.75) is 11.1 Å². The molecule has 2 rings (SSSR count). The highest BCUT2D eigenvalue weighted by molar-refractivity contribution is 7.89. The Kier molecular flexibility index (Phi) is 3.98. The summed E-state index contributed by atoms with van der Waals surface area (Å²) in [5, 5.41) is 10.4. The van der Waals surface area contributed by atoms with Gasteiger partial charge in [-0.25, -0.2) is 0 Å². The van der Waals surface area contributed by atoms with Crippen molar-refractivity contribution < 1.29 is 17.5 Å². The lowest BCUT2D eigenvalue weighted by atomic mass is 10.3. The Hall–Kier alpha value is -1.64. The average molecular weight is 334 g/mol. The number of nitrogens with zero attached hydrogens (tertiary/aromatic N) is 1. The molecule has 1 aromatic carbocycles. The van der Waals surface area contributed by atoms with E-state index in [0.29, 0.717) is 0 Å². The number of nitro benzene ring substituents is 1. The summed E-state index contributed by atoms with van der Waals surface area (Å²) < 4.78 is 28.9. The summed E-state index contributed by atoms with van der Waals surface area (Å²) in [6, 6.07) is 6.38. The Morgan fingerprint density at radius 2 is 2.00 bits per heavy atom. The third-order valence-electron chi connectivity index (χ3n) is 2.29. The molecule has 0 saturated heterocycles. The Balaban J connectivity index is 2.32. The zero-order chi connectivity index (χ0) is 14.9. The lowest BCUT2D eigenvalue weighted by Crippen LogP contribution is -2.08. The number of non-ortho nitro benzene ring substituents is 1. The number of benzene rings is 1. The molecule has 20 heavy (non-hydrogen) atoms. The van der Waals surface area contributed by atoms with E-state index in [1.54, 1.807) is 13.0 Å². The van der Waals surface area contributed by atoms with Gasteiger partial charge in [0.15, 0.2) is 9.96 Å². The average Bonchev–Trinajstić information content (AvgIpc) is 2.79. The van der Waals surface area contributed by atoms with Gasteiger partial charge in [-0.05, 0) is 25.1 Å². The smallest absolute Gasteiger partial charge is 0.348 e. The fourth-order valence-corrected chi connectivity index (χ4v) is 3.83. The lowest BCUT2D eigenvalue weighted by Gasteiger charge is -2.06. The van der Waals surface area contributed by atoms with Gasteiger partial charge in [-0.3, -0.25) is 10.1 Å². The molecule has 0 aliphatic rings. The van der Waals surface area contributed by atoms with Crippen LogP contribution in [0.5, 0.6) is 5.75 Å². The van der Waals surface area contributed by atoms with Crippen LogP contribution in [-0.4, -0.2) is 13.3 Å². The van der Waals surface area contributed by atoms with E-state index in [1.165, 1.54) is 6.07 Å². The summed E-state index contributed by atoms with van der Waals surface area (Å²) in [6.45, 7) is 1.77. The number of thiophene rings is 1. The fraction of sp³-hybridized carbons (Fsp3) is 0.0909. The molecule has 6 nitrogen and oxygen atoms in total. The van der Waals surface area contributed by atoms with Crippen LogP contribution in [0.15, 0.2) is 34.5 Å². The summed E-state index contributed by atoms with van der Waals surface area (Å²) in [4.78, 5) is 10.8. The van der Waals surface area contributed by atoms with Crippen LogP contribution in [0.3, 0.4) is 0 Å². The van der Waals surface area contributed by atoms with Gasteiger partial charge in [-0.2, -0.15) is 8.42 Å². The molecule has 0 aliphatic carbocycles. The van der Waals surface area contributed by atoms with Gasteiger partial charge in [0.1, 0.15) is 0 Å². The summed E-state index contributed by atoms with van der Waals surface area (Å²) in [5.74, 6) is -0.150. The quantitative estimate of drug-likeness (QED) is 0.486. The van der Waals surface area contributed by atoms with Crippen molar-refractivity contribution in [1.82, 2.24) is 0 Å². The number of hydrogen-bond acceptors (Lipinski definition) is 6. The molecule has 2 aromatic rings. The van der Waals surface area contributed by atoms with Crippen LogP contribution in [-0.2, 0) is 10.1 Å². The number of halogens is 1. The number of nitro groups is 1. The Labute approximate surface area is 123 Å². The number of rotatable bonds is 4. The van der Waals surface area contributed by atoms with E-state index < -0.39 is 15.0 Å². The van der Waals surface area contributed by atoms with Crippen molar-refractivity contribution in [2.24, 2.45) is 0 Å². The molecule has 106 valence electrons. The van der Waals surface area contributed by atoms with E-state index in [9.17, 15) is 18.5 Å². The van der Waals surface area contributed by atoms with Gasteiger partial charge in [0.25, 0.3) is 5.69 Å². The second-order valence-electron chi connectivity index (χ2n) is 3.77. The molecule has 0 bridgehead atoms. The first-order valence-electron chi connectivity index (χ1n) is 5.24. The Bertz CT molecular complexity index is 769. The van der Waals surface area contributed by atoms with Crippen molar-refractivity contribution in [3.05, 3.63) is 50.3 Å². The summed E-state index contributed by atoms with van der Waals surface area (Å²) in [7, 11) is -3.98. The maximum atomic E-state index is 12.0. The molecule has 0 aliphatic heterocycles. The monoisotopic (exact) mass is 333 g/mol. The zero-order valence-corrected chi connectivity index (χ0v) is 12.5. The van der Waals surface area contributed by atoms with Gasteiger partial charge >= 0.3 is 10.1 Å². The highest BCUT2D eigenvalue weighted by atomic mass is 35.5. The van der Waals surface area contributed by atoms with Crippen LogP contribution in [0.1, 0.15) is 4.88 Å². The predicted octanol–water partition coefficient (Wildman–Crippen LogP) is 3.39. The second-order valence-corrected chi connectivity index (χ2v) is 7.24. The first kappa shape index (κ1) is 14.8. The van der Waals surface area contributed by atoms with Crippen LogP contribution in [0.2, 0.25) is 5.02 Å². The van der Waals surface area contributed by atoms with E-state index >= 15 is 0 Å². The zero-order valence-electron chi connectivity index (χ0n) is 10.1. The molecular weight excluding hydrogens is 326 g/mol. The largest absolute Gasteiger partial charge is 0.377 e. The van der Waals surface area contributed by atoms with Crippen LogP contribution >= 0.6 is 22.9 Å². The lowest BCUT2D eigenvalue weighted by molar-refractivity contribution is -0.384. The molecule has 1 aromatic heterocycles. The maximum absolute atomic E-state index is 12.0. The topological polar surface area (TPSA) is 86.5 Å². The van der Waals surface area contributed by atoms with Gasteiger partial charge in [-0.1, -0.05) is 11.6 Å². The first-order valence-corrected chi connectivity index (χ1v) is 7.85. The van der Waals surface area contributed by atoms with Gasteiger partial charge in [0, 0.05) is 17.0 Å². The first-order chi connectivity index (χ1) is 9.29. The minimum absolute atomic E-state index is 0.0458. The summed E-state index contributed by atoms with van der Waals surface area (Å²) >= 11 is 6.85. The normalized spacial score (nSPS) is 11.3. The predicted molar refractivity (Wildman–Crippen MR) is 75.0 cm³/mol. The van der Waals surface area contributed by atoms with Crippen molar-refractivity contribution in [3.63, 3.8) is 0 Å².